The highest BCUT2D eigenvalue weighted by atomic mass is 14.2. The SMILES string of the molecule is CCCCc1ccc2cccc3c4cccc5cccc(c1c23)c54. The van der Waals surface area contributed by atoms with Gasteiger partial charge in [0.1, 0.15) is 0 Å². The monoisotopic (exact) mass is 308 g/mol. The molecule has 0 heteroatoms. The van der Waals surface area contributed by atoms with Gasteiger partial charge in [0.2, 0.25) is 0 Å². The van der Waals surface area contributed by atoms with Crippen LogP contribution in [0, 0.1) is 0 Å². The van der Waals surface area contributed by atoms with Crippen molar-refractivity contribution in [1.82, 2.24) is 0 Å². The molecule has 0 atom stereocenters. The summed E-state index contributed by atoms with van der Waals surface area (Å²) in [5, 5.41) is 11.2. The Bertz CT molecular complexity index is 1180. The Balaban J connectivity index is 2.10. The first-order valence-electron chi connectivity index (χ1n) is 8.95. The zero-order chi connectivity index (χ0) is 16.1. The van der Waals surface area contributed by atoms with Crippen LogP contribution in [0.25, 0.3) is 43.1 Å². The molecule has 116 valence electrons. The lowest BCUT2D eigenvalue weighted by Crippen LogP contribution is -1.92. The molecule has 5 rings (SSSR count). The van der Waals surface area contributed by atoms with Crippen LogP contribution in [0.4, 0.5) is 0 Å². The fourth-order valence-electron chi connectivity index (χ4n) is 4.30. The minimum Gasteiger partial charge on any atom is -0.0654 e. The van der Waals surface area contributed by atoms with Gasteiger partial charge in [-0.1, -0.05) is 80.1 Å². The summed E-state index contributed by atoms with van der Waals surface area (Å²) in [5.41, 5.74) is 1.50. The molecule has 0 N–H and O–H groups in total. The third kappa shape index (κ3) is 1.80. The molecule has 0 saturated carbocycles. The number of aryl methyl sites for hydroxylation is 1. The minimum absolute atomic E-state index is 1.16. The molecular weight excluding hydrogens is 288 g/mol. The molecule has 0 nitrogen and oxygen atoms in total. The van der Waals surface area contributed by atoms with Gasteiger partial charge in [0.15, 0.2) is 0 Å². The van der Waals surface area contributed by atoms with Gasteiger partial charge in [-0.2, -0.15) is 0 Å². The predicted octanol–water partition coefficient (Wildman–Crippen LogP) is 7.08. The molecule has 0 spiro atoms. The van der Waals surface area contributed by atoms with E-state index in [1.54, 1.807) is 0 Å². The second-order valence-corrected chi connectivity index (χ2v) is 6.82. The Morgan fingerprint density at radius 1 is 0.583 bits per heavy atom. The van der Waals surface area contributed by atoms with Crippen LogP contribution in [0.3, 0.4) is 0 Å². The van der Waals surface area contributed by atoms with Gasteiger partial charge in [0.05, 0.1) is 0 Å². The van der Waals surface area contributed by atoms with Crippen molar-refractivity contribution in [3.63, 3.8) is 0 Å². The van der Waals surface area contributed by atoms with E-state index in [2.05, 4.69) is 73.7 Å². The highest BCUT2D eigenvalue weighted by Gasteiger charge is 2.14. The first-order chi connectivity index (χ1) is 11.9. The lowest BCUT2D eigenvalue weighted by molar-refractivity contribution is 0.799. The summed E-state index contributed by atoms with van der Waals surface area (Å²) in [6.45, 7) is 2.27. The number of hydrogen-bond acceptors (Lipinski definition) is 0. The van der Waals surface area contributed by atoms with E-state index in [-0.39, 0.29) is 0 Å². The maximum Gasteiger partial charge on any atom is -0.00236 e. The second kappa shape index (κ2) is 5.21. The van der Waals surface area contributed by atoms with Crippen molar-refractivity contribution in [1.29, 1.82) is 0 Å². The van der Waals surface area contributed by atoms with E-state index in [0.29, 0.717) is 0 Å². The lowest BCUT2D eigenvalue weighted by atomic mass is 9.87. The summed E-state index contributed by atoms with van der Waals surface area (Å²) in [6, 6.07) is 24.9. The molecular formula is C24H20. The molecule has 0 aliphatic heterocycles. The maximum atomic E-state index is 2.35. The molecule has 5 aromatic carbocycles. The molecule has 0 aliphatic rings. The Morgan fingerprint density at radius 3 is 1.92 bits per heavy atom. The fraction of sp³-hybridized carbons (Fsp3) is 0.167. The molecule has 0 fully saturated rings. The summed E-state index contributed by atoms with van der Waals surface area (Å²) in [6.07, 6.45) is 3.65. The second-order valence-electron chi connectivity index (χ2n) is 6.82. The molecule has 0 bridgehead atoms. The van der Waals surface area contributed by atoms with E-state index in [0.717, 1.165) is 6.42 Å². The van der Waals surface area contributed by atoms with Crippen molar-refractivity contribution >= 4 is 43.1 Å². The van der Waals surface area contributed by atoms with E-state index in [1.807, 2.05) is 0 Å². The normalized spacial score (nSPS) is 12.0. The van der Waals surface area contributed by atoms with Crippen LogP contribution < -0.4 is 0 Å². The number of fused-ring (bicyclic) bond motifs is 2. The summed E-state index contributed by atoms with van der Waals surface area (Å²) >= 11 is 0. The van der Waals surface area contributed by atoms with Crippen molar-refractivity contribution in [2.24, 2.45) is 0 Å². The number of rotatable bonds is 3. The van der Waals surface area contributed by atoms with Gasteiger partial charge in [-0.05, 0) is 61.5 Å². The van der Waals surface area contributed by atoms with E-state index < -0.39 is 0 Å². The molecule has 0 aliphatic carbocycles. The van der Waals surface area contributed by atoms with Gasteiger partial charge in [0.25, 0.3) is 0 Å². The molecule has 24 heavy (non-hydrogen) atoms. The molecule has 0 amide bonds. The number of benzene rings is 5. The van der Waals surface area contributed by atoms with E-state index in [9.17, 15) is 0 Å². The predicted molar refractivity (Wildman–Crippen MR) is 106 cm³/mol. The van der Waals surface area contributed by atoms with E-state index in [1.165, 1.54) is 61.5 Å². The zero-order valence-electron chi connectivity index (χ0n) is 14.0. The lowest BCUT2D eigenvalue weighted by Gasteiger charge is -2.17. The molecule has 0 saturated heterocycles. The molecule has 0 radical (unpaired) electrons. The van der Waals surface area contributed by atoms with Crippen molar-refractivity contribution in [2.45, 2.75) is 26.2 Å². The van der Waals surface area contributed by atoms with Crippen LogP contribution in [-0.2, 0) is 6.42 Å². The van der Waals surface area contributed by atoms with Gasteiger partial charge < -0.3 is 0 Å². The van der Waals surface area contributed by atoms with Gasteiger partial charge in [-0.15, -0.1) is 0 Å². The summed E-state index contributed by atoms with van der Waals surface area (Å²) in [5.74, 6) is 0. The van der Waals surface area contributed by atoms with Crippen molar-refractivity contribution in [3.8, 4) is 0 Å². The molecule has 0 aromatic heterocycles. The topological polar surface area (TPSA) is 0 Å². The quantitative estimate of drug-likeness (QED) is 0.247. The first-order valence-corrected chi connectivity index (χ1v) is 8.95. The smallest absolute Gasteiger partial charge is 0.00236 e. The maximum absolute atomic E-state index is 2.35. The average Bonchev–Trinajstić information content (AvgIpc) is 2.64. The summed E-state index contributed by atoms with van der Waals surface area (Å²) in [4.78, 5) is 0. The van der Waals surface area contributed by atoms with E-state index >= 15 is 0 Å². The number of hydrogen-bond donors (Lipinski definition) is 0. The average molecular weight is 308 g/mol. The first kappa shape index (κ1) is 13.8. The Labute approximate surface area is 142 Å². The van der Waals surface area contributed by atoms with Gasteiger partial charge in [0, 0.05) is 0 Å². The van der Waals surface area contributed by atoms with Gasteiger partial charge in [-0.25, -0.2) is 0 Å². The molecule has 0 unspecified atom stereocenters. The summed E-state index contributed by atoms with van der Waals surface area (Å²) in [7, 11) is 0. The van der Waals surface area contributed by atoms with Crippen LogP contribution in [-0.4, -0.2) is 0 Å². The van der Waals surface area contributed by atoms with Crippen LogP contribution in [0.5, 0.6) is 0 Å². The Hall–Kier alpha value is -2.60. The fourth-order valence-corrected chi connectivity index (χ4v) is 4.30. The van der Waals surface area contributed by atoms with Crippen molar-refractivity contribution in [3.05, 3.63) is 72.3 Å². The van der Waals surface area contributed by atoms with Crippen LogP contribution in [0.1, 0.15) is 25.3 Å². The standard InChI is InChI=1S/C24H20/c1-2-3-7-17-14-15-18-10-5-12-20-19-11-4-8-16-9-6-13-21(22(16)19)24(17)23(18)20/h4-6,8-15H,2-3,7H2,1H3. The Kier molecular flexibility index (Phi) is 2.99. The van der Waals surface area contributed by atoms with Gasteiger partial charge >= 0.3 is 0 Å². The third-order valence-electron chi connectivity index (χ3n) is 5.40. The molecule has 0 heterocycles. The highest BCUT2D eigenvalue weighted by Crippen LogP contribution is 2.41. The largest absolute Gasteiger partial charge is 0.0654 e. The van der Waals surface area contributed by atoms with Gasteiger partial charge in [-0.3, -0.25) is 0 Å². The van der Waals surface area contributed by atoms with Crippen molar-refractivity contribution < 1.29 is 0 Å². The molecule has 5 aromatic rings. The van der Waals surface area contributed by atoms with Crippen molar-refractivity contribution in [2.75, 3.05) is 0 Å². The Morgan fingerprint density at radius 2 is 1.21 bits per heavy atom. The third-order valence-corrected chi connectivity index (χ3v) is 5.40. The minimum atomic E-state index is 1.16. The van der Waals surface area contributed by atoms with Crippen LogP contribution >= 0.6 is 0 Å². The van der Waals surface area contributed by atoms with Crippen LogP contribution in [0.15, 0.2) is 66.7 Å². The van der Waals surface area contributed by atoms with E-state index in [4.69, 9.17) is 0 Å². The highest BCUT2D eigenvalue weighted by molar-refractivity contribution is 6.33. The number of unbranched alkanes of at least 4 members (excludes halogenated alkanes) is 1. The zero-order valence-corrected chi connectivity index (χ0v) is 14.0. The van der Waals surface area contributed by atoms with Crippen LogP contribution in [0.2, 0.25) is 0 Å². The summed E-state index contributed by atoms with van der Waals surface area (Å²) < 4.78 is 0.